The Labute approximate surface area is 249 Å². The van der Waals surface area contributed by atoms with Crippen molar-refractivity contribution in [3.8, 4) is 0 Å². The number of Topliss-reactive ketones (excluding diaryl/α,β-unsaturated/α-hetero) is 1. The summed E-state index contributed by atoms with van der Waals surface area (Å²) in [5.41, 5.74) is 1.04. The lowest BCUT2D eigenvalue weighted by atomic mass is 9.83. The van der Waals surface area contributed by atoms with Gasteiger partial charge in [-0.1, -0.05) is 49.2 Å². The first-order valence-electron chi connectivity index (χ1n) is 15.4. The summed E-state index contributed by atoms with van der Waals surface area (Å²) in [5.74, 6) is 0.187. The molecule has 224 valence electrons. The Bertz CT molecular complexity index is 1250. The van der Waals surface area contributed by atoms with Crippen molar-refractivity contribution in [3.63, 3.8) is 0 Å². The van der Waals surface area contributed by atoms with Gasteiger partial charge >= 0.3 is 6.03 Å². The number of β-amino-alcohol motifs (C(OH)–C–C–N with tert-alkyl or cyclic N) is 1. The van der Waals surface area contributed by atoms with E-state index in [-0.39, 0.29) is 35.6 Å². The van der Waals surface area contributed by atoms with Crippen LogP contribution in [0.1, 0.15) is 61.4 Å². The first-order valence-corrected chi connectivity index (χ1v) is 15.4. The molecule has 42 heavy (non-hydrogen) atoms. The molecule has 3 fully saturated rings. The van der Waals surface area contributed by atoms with Crippen LogP contribution in [-0.2, 0) is 10.4 Å². The monoisotopic (exact) mass is 572 g/mol. The van der Waals surface area contributed by atoms with E-state index in [1.807, 2.05) is 40.1 Å². The molecule has 0 unspecified atom stereocenters. The van der Waals surface area contributed by atoms with Crippen LogP contribution in [0.25, 0.3) is 0 Å². The minimum absolute atomic E-state index is 0.0131. The molecule has 8 heteroatoms. The fourth-order valence-electron chi connectivity index (χ4n) is 7.01. The number of hydrogen-bond acceptors (Lipinski definition) is 5. The first kappa shape index (κ1) is 30.0. The molecule has 5 rings (SSSR count). The molecule has 2 heterocycles. The molecule has 2 aromatic rings. The van der Waals surface area contributed by atoms with E-state index in [0.29, 0.717) is 37.4 Å². The van der Waals surface area contributed by atoms with E-state index < -0.39 is 5.60 Å². The zero-order chi connectivity index (χ0) is 29.7. The van der Waals surface area contributed by atoms with Crippen molar-refractivity contribution in [1.29, 1.82) is 0 Å². The standard InChI is InChI=1S/C34H44N4O4/c1-3-19-38(33(41)35-30-15-13-26(14-16-30)25(2)39)31-17-20-36(21-18-31)22-29-23-37(32(40)27-9-7-8-10-27)24-34(29,42)28-11-5-4-6-12-28/h3-6,11-16,27,29,31,42H,1,7-10,17-24H2,2H3,(H,35,41)/t29-,34-/m0/s1. The fourth-order valence-corrected chi connectivity index (χ4v) is 7.01. The summed E-state index contributed by atoms with van der Waals surface area (Å²) >= 11 is 0. The maximum Gasteiger partial charge on any atom is 0.322 e. The topological polar surface area (TPSA) is 93.2 Å². The number of urea groups is 1. The number of aliphatic hydroxyl groups is 1. The van der Waals surface area contributed by atoms with Crippen molar-refractivity contribution in [2.45, 2.75) is 57.1 Å². The fraction of sp³-hybridized carbons (Fsp3) is 0.500. The zero-order valence-electron chi connectivity index (χ0n) is 24.7. The maximum absolute atomic E-state index is 13.4. The third-order valence-corrected chi connectivity index (χ3v) is 9.44. The van der Waals surface area contributed by atoms with Crippen LogP contribution >= 0.6 is 0 Å². The van der Waals surface area contributed by atoms with E-state index >= 15 is 0 Å². The summed E-state index contributed by atoms with van der Waals surface area (Å²) in [5, 5.41) is 15.0. The molecule has 1 aliphatic carbocycles. The zero-order valence-corrected chi connectivity index (χ0v) is 24.7. The van der Waals surface area contributed by atoms with Crippen LogP contribution in [0.4, 0.5) is 10.5 Å². The highest BCUT2D eigenvalue weighted by Crippen LogP contribution is 2.40. The summed E-state index contributed by atoms with van der Waals surface area (Å²) in [6, 6.07) is 16.6. The van der Waals surface area contributed by atoms with Crippen molar-refractivity contribution in [2.24, 2.45) is 11.8 Å². The largest absolute Gasteiger partial charge is 0.383 e. The number of rotatable bonds is 9. The van der Waals surface area contributed by atoms with E-state index in [1.54, 1.807) is 30.3 Å². The van der Waals surface area contributed by atoms with Gasteiger partial charge in [-0.15, -0.1) is 6.58 Å². The lowest BCUT2D eigenvalue weighted by Gasteiger charge is -2.40. The van der Waals surface area contributed by atoms with E-state index in [2.05, 4.69) is 16.8 Å². The molecule has 0 radical (unpaired) electrons. The van der Waals surface area contributed by atoms with Gasteiger partial charge in [0.2, 0.25) is 5.91 Å². The average Bonchev–Trinajstić information content (AvgIpc) is 3.66. The molecular weight excluding hydrogens is 528 g/mol. The van der Waals surface area contributed by atoms with Gasteiger partial charge in [0.1, 0.15) is 5.60 Å². The van der Waals surface area contributed by atoms with Crippen LogP contribution in [-0.4, -0.2) is 82.8 Å². The number of anilines is 1. The van der Waals surface area contributed by atoms with Gasteiger partial charge in [-0.05, 0) is 62.4 Å². The predicted octanol–water partition coefficient (Wildman–Crippen LogP) is 4.91. The Morgan fingerprint density at radius 2 is 1.69 bits per heavy atom. The number of piperidine rings is 1. The van der Waals surface area contributed by atoms with Crippen molar-refractivity contribution in [3.05, 3.63) is 78.4 Å². The molecule has 0 spiro atoms. The highest BCUT2D eigenvalue weighted by atomic mass is 16.3. The van der Waals surface area contributed by atoms with E-state index in [0.717, 1.165) is 57.2 Å². The van der Waals surface area contributed by atoms with Crippen molar-refractivity contribution >= 4 is 23.4 Å². The Balaban J connectivity index is 1.22. The van der Waals surface area contributed by atoms with Crippen LogP contribution in [0.3, 0.4) is 0 Å². The highest BCUT2D eigenvalue weighted by molar-refractivity contribution is 5.95. The molecule has 2 aromatic carbocycles. The second-order valence-corrected chi connectivity index (χ2v) is 12.2. The van der Waals surface area contributed by atoms with Gasteiger partial charge < -0.3 is 25.1 Å². The number of benzene rings is 2. The number of carbonyl (C=O) groups is 3. The quantitative estimate of drug-likeness (QED) is 0.329. The molecular formula is C34H44N4O4. The number of nitrogens with zero attached hydrogens (tertiary/aromatic N) is 3. The molecule has 2 saturated heterocycles. The van der Waals surface area contributed by atoms with Gasteiger partial charge in [0, 0.05) is 61.9 Å². The van der Waals surface area contributed by atoms with Gasteiger partial charge in [0.25, 0.3) is 0 Å². The second-order valence-electron chi connectivity index (χ2n) is 12.2. The Kier molecular flexibility index (Phi) is 9.43. The third-order valence-electron chi connectivity index (χ3n) is 9.44. The lowest BCUT2D eigenvalue weighted by Crippen LogP contribution is -2.50. The summed E-state index contributed by atoms with van der Waals surface area (Å²) in [6.07, 6.45) is 7.50. The summed E-state index contributed by atoms with van der Waals surface area (Å²) in [4.78, 5) is 44.3. The van der Waals surface area contributed by atoms with Crippen LogP contribution in [0.5, 0.6) is 0 Å². The SMILES string of the molecule is C=CCN(C(=O)Nc1ccc(C(C)=O)cc1)C1CCN(C[C@H]2CN(C(=O)C3CCCC3)C[C@]2(O)c2ccccc2)CC1. The molecule has 2 N–H and O–H groups in total. The number of nitrogens with one attached hydrogen (secondary N) is 1. The second kappa shape index (κ2) is 13.2. The molecule has 2 atom stereocenters. The smallest absolute Gasteiger partial charge is 0.322 e. The Morgan fingerprint density at radius 3 is 2.31 bits per heavy atom. The van der Waals surface area contributed by atoms with Gasteiger partial charge in [-0.2, -0.15) is 0 Å². The van der Waals surface area contributed by atoms with Crippen LogP contribution in [0.2, 0.25) is 0 Å². The van der Waals surface area contributed by atoms with Crippen molar-refractivity contribution in [2.75, 3.05) is 44.6 Å². The van der Waals surface area contributed by atoms with Gasteiger partial charge in [0.05, 0.1) is 6.54 Å². The Hall–Kier alpha value is -3.49. The molecule has 2 aliphatic heterocycles. The van der Waals surface area contributed by atoms with Crippen LogP contribution in [0.15, 0.2) is 67.3 Å². The maximum atomic E-state index is 13.4. The number of likely N-dealkylation sites (tertiary alicyclic amines) is 2. The predicted molar refractivity (Wildman–Crippen MR) is 164 cm³/mol. The number of carbonyl (C=O) groups excluding carboxylic acids is 3. The average molecular weight is 573 g/mol. The number of hydrogen-bond donors (Lipinski definition) is 2. The van der Waals surface area contributed by atoms with Crippen molar-refractivity contribution < 1.29 is 19.5 Å². The number of amides is 3. The molecule has 0 aromatic heterocycles. The summed E-state index contributed by atoms with van der Waals surface area (Å²) in [6.45, 7) is 9.03. The van der Waals surface area contributed by atoms with Crippen LogP contribution in [0, 0.1) is 11.8 Å². The van der Waals surface area contributed by atoms with E-state index in [9.17, 15) is 19.5 Å². The lowest BCUT2D eigenvalue weighted by molar-refractivity contribution is -0.135. The molecule has 1 saturated carbocycles. The molecule has 3 amide bonds. The summed E-state index contributed by atoms with van der Waals surface area (Å²) in [7, 11) is 0. The minimum Gasteiger partial charge on any atom is -0.383 e. The number of ketones is 1. The molecule has 8 nitrogen and oxygen atoms in total. The van der Waals surface area contributed by atoms with E-state index in [4.69, 9.17) is 0 Å². The molecule has 0 bridgehead atoms. The minimum atomic E-state index is -1.08. The normalized spacial score (nSPS) is 23.6. The van der Waals surface area contributed by atoms with E-state index in [1.165, 1.54) is 6.92 Å². The highest BCUT2D eigenvalue weighted by Gasteiger charge is 2.49. The molecule has 3 aliphatic rings. The Morgan fingerprint density at radius 1 is 1.02 bits per heavy atom. The third kappa shape index (κ3) is 6.60. The first-order chi connectivity index (χ1) is 20.3. The van der Waals surface area contributed by atoms with Gasteiger partial charge in [0.15, 0.2) is 5.78 Å². The van der Waals surface area contributed by atoms with Gasteiger partial charge in [-0.3, -0.25) is 9.59 Å². The van der Waals surface area contributed by atoms with Crippen molar-refractivity contribution in [1.82, 2.24) is 14.7 Å². The van der Waals surface area contributed by atoms with Gasteiger partial charge in [-0.25, -0.2) is 4.79 Å². The summed E-state index contributed by atoms with van der Waals surface area (Å²) < 4.78 is 0. The van der Waals surface area contributed by atoms with Crippen LogP contribution < -0.4 is 5.32 Å².